The number of carbonyl (C=O) groups excluding carboxylic acids is 4. The molecule has 1 saturated heterocycles. The Morgan fingerprint density at radius 2 is 1.66 bits per heavy atom. The van der Waals surface area contributed by atoms with Gasteiger partial charge < -0.3 is 25.4 Å². The number of nitrogens with one attached hydrogen (secondary N) is 3. The van der Waals surface area contributed by atoms with Gasteiger partial charge in [0.2, 0.25) is 5.91 Å². The van der Waals surface area contributed by atoms with Crippen LogP contribution in [0.25, 0.3) is 6.08 Å². The third-order valence-corrected chi connectivity index (χ3v) is 5.33. The molecule has 0 bridgehead atoms. The Hall–Kier alpha value is -5.19. The van der Waals surface area contributed by atoms with Gasteiger partial charge in [-0.05, 0) is 60.2 Å². The van der Waals surface area contributed by atoms with E-state index in [0.717, 1.165) is 4.90 Å². The number of halogens is 1. The molecular weight excluding hydrogens is 495 g/mol. The van der Waals surface area contributed by atoms with Crippen molar-refractivity contribution in [3.63, 3.8) is 0 Å². The van der Waals surface area contributed by atoms with E-state index >= 15 is 0 Å². The maximum absolute atomic E-state index is 13.0. The van der Waals surface area contributed by atoms with Gasteiger partial charge in [0.1, 0.15) is 29.6 Å². The van der Waals surface area contributed by atoms with Crippen LogP contribution in [0.2, 0.25) is 0 Å². The van der Waals surface area contributed by atoms with Gasteiger partial charge in [0.15, 0.2) is 6.61 Å². The number of urea groups is 1. The predicted molar refractivity (Wildman–Crippen MR) is 137 cm³/mol. The van der Waals surface area contributed by atoms with Crippen LogP contribution in [0.1, 0.15) is 5.56 Å². The van der Waals surface area contributed by atoms with Crippen LogP contribution < -0.4 is 25.4 Å². The lowest BCUT2D eigenvalue weighted by atomic mass is 10.2. The molecule has 3 aromatic rings. The van der Waals surface area contributed by atoms with Gasteiger partial charge in [0, 0.05) is 5.69 Å². The molecule has 3 aromatic carbocycles. The molecule has 38 heavy (non-hydrogen) atoms. The van der Waals surface area contributed by atoms with Crippen LogP contribution in [0.4, 0.5) is 20.6 Å². The Morgan fingerprint density at radius 1 is 0.947 bits per heavy atom. The molecule has 10 nitrogen and oxygen atoms in total. The fourth-order valence-electron chi connectivity index (χ4n) is 3.50. The molecule has 1 fully saturated rings. The number of hydrogen-bond acceptors (Lipinski definition) is 6. The zero-order valence-corrected chi connectivity index (χ0v) is 20.2. The van der Waals surface area contributed by atoms with Gasteiger partial charge in [0.25, 0.3) is 11.8 Å². The number of methoxy groups -OCH3 is 1. The Labute approximate surface area is 217 Å². The van der Waals surface area contributed by atoms with Gasteiger partial charge in [-0.2, -0.15) is 0 Å². The van der Waals surface area contributed by atoms with Crippen LogP contribution in [0.15, 0.2) is 78.5 Å². The monoisotopic (exact) mass is 518 g/mol. The Balaban J connectivity index is 1.31. The van der Waals surface area contributed by atoms with E-state index in [1.165, 1.54) is 37.5 Å². The molecule has 0 atom stereocenters. The second-order valence-corrected chi connectivity index (χ2v) is 8.04. The SMILES string of the molecule is COc1ccccc1NC(=O)CN1C(=O)N/C(=C/c2ccc(OCC(=O)Nc3ccc(F)cc3)cc2)C1=O. The standard InChI is InChI=1S/C27H23FN4O6/c1-37-23-5-3-2-4-21(23)30-24(33)15-32-26(35)22(31-27(32)36)14-17-6-12-20(13-7-17)38-16-25(34)29-19-10-8-18(28)9-11-19/h2-14H,15-16H2,1H3,(H,29,34)(H,30,33)(H,31,36)/b22-14+. The van der Waals surface area contributed by atoms with Gasteiger partial charge in [-0.3, -0.25) is 14.4 Å². The normalized spacial score (nSPS) is 13.7. The van der Waals surface area contributed by atoms with Crippen molar-refractivity contribution in [2.24, 2.45) is 0 Å². The van der Waals surface area contributed by atoms with Crippen molar-refractivity contribution in [1.29, 1.82) is 0 Å². The Morgan fingerprint density at radius 3 is 2.37 bits per heavy atom. The number of ether oxygens (including phenoxy) is 2. The second-order valence-electron chi connectivity index (χ2n) is 8.04. The lowest BCUT2D eigenvalue weighted by Crippen LogP contribution is -2.38. The van der Waals surface area contributed by atoms with E-state index in [0.29, 0.717) is 28.4 Å². The minimum atomic E-state index is -0.719. The van der Waals surface area contributed by atoms with E-state index in [-0.39, 0.29) is 12.3 Å². The van der Waals surface area contributed by atoms with Crippen molar-refractivity contribution in [2.45, 2.75) is 0 Å². The van der Waals surface area contributed by atoms with Crippen LogP contribution in [0.3, 0.4) is 0 Å². The number of benzene rings is 3. The summed E-state index contributed by atoms with van der Waals surface area (Å²) >= 11 is 0. The minimum absolute atomic E-state index is 0.00688. The summed E-state index contributed by atoms with van der Waals surface area (Å²) < 4.78 is 23.6. The number of para-hydroxylation sites is 2. The molecule has 0 radical (unpaired) electrons. The summed E-state index contributed by atoms with van der Waals surface area (Å²) in [5.41, 5.74) is 1.44. The highest BCUT2D eigenvalue weighted by molar-refractivity contribution is 6.16. The van der Waals surface area contributed by atoms with E-state index in [4.69, 9.17) is 9.47 Å². The van der Waals surface area contributed by atoms with Crippen LogP contribution in [0, 0.1) is 5.82 Å². The first kappa shape index (κ1) is 25.9. The first-order valence-corrected chi connectivity index (χ1v) is 11.4. The molecule has 1 heterocycles. The summed E-state index contributed by atoms with van der Waals surface area (Å²) in [5, 5.41) is 7.67. The fraction of sp³-hybridized carbons (Fsp3) is 0.111. The third kappa shape index (κ3) is 6.52. The van der Waals surface area contributed by atoms with Crippen molar-refractivity contribution < 1.29 is 33.0 Å². The summed E-state index contributed by atoms with van der Waals surface area (Å²) in [4.78, 5) is 50.3. The van der Waals surface area contributed by atoms with E-state index in [2.05, 4.69) is 16.0 Å². The van der Waals surface area contributed by atoms with Crippen molar-refractivity contribution in [3.8, 4) is 11.5 Å². The van der Waals surface area contributed by atoms with E-state index in [1.54, 1.807) is 48.5 Å². The van der Waals surface area contributed by atoms with E-state index < -0.39 is 36.1 Å². The predicted octanol–water partition coefficient (Wildman–Crippen LogP) is 3.38. The molecule has 1 aliphatic heterocycles. The summed E-state index contributed by atoms with van der Waals surface area (Å²) in [6, 6.07) is 17.8. The van der Waals surface area contributed by atoms with Crippen molar-refractivity contribution in [3.05, 3.63) is 89.9 Å². The fourth-order valence-corrected chi connectivity index (χ4v) is 3.50. The Bertz CT molecular complexity index is 1390. The molecule has 0 unspecified atom stereocenters. The largest absolute Gasteiger partial charge is 0.495 e. The van der Waals surface area contributed by atoms with Crippen molar-refractivity contribution >= 4 is 41.2 Å². The first-order chi connectivity index (χ1) is 18.3. The lowest BCUT2D eigenvalue weighted by Gasteiger charge is -2.13. The molecule has 0 aromatic heterocycles. The van der Waals surface area contributed by atoms with E-state index in [9.17, 15) is 23.6 Å². The third-order valence-electron chi connectivity index (χ3n) is 5.33. The lowest BCUT2D eigenvalue weighted by molar-refractivity contribution is -0.127. The summed E-state index contributed by atoms with van der Waals surface area (Å²) in [6.45, 7) is -0.745. The average Bonchev–Trinajstić information content (AvgIpc) is 3.17. The number of anilines is 2. The number of rotatable bonds is 9. The Kier molecular flexibility index (Phi) is 7.97. The van der Waals surface area contributed by atoms with Gasteiger partial charge in [-0.15, -0.1) is 0 Å². The van der Waals surface area contributed by atoms with Gasteiger partial charge >= 0.3 is 6.03 Å². The molecule has 0 saturated carbocycles. The zero-order chi connectivity index (χ0) is 27.1. The number of nitrogens with zero attached hydrogens (tertiary/aromatic N) is 1. The van der Waals surface area contributed by atoms with Gasteiger partial charge in [0.05, 0.1) is 12.8 Å². The highest BCUT2D eigenvalue weighted by atomic mass is 19.1. The molecule has 1 aliphatic rings. The second kappa shape index (κ2) is 11.7. The molecule has 194 valence electrons. The van der Waals surface area contributed by atoms with Gasteiger partial charge in [-0.25, -0.2) is 14.1 Å². The van der Waals surface area contributed by atoms with Gasteiger partial charge in [-0.1, -0.05) is 24.3 Å². The first-order valence-electron chi connectivity index (χ1n) is 11.4. The number of hydrogen-bond donors (Lipinski definition) is 3. The maximum atomic E-state index is 13.0. The molecule has 5 amide bonds. The minimum Gasteiger partial charge on any atom is -0.495 e. The van der Waals surface area contributed by atoms with Crippen LogP contribution >= 0.6 is 0 Å². The average molecular weight is 519 g/mol. The maximum Gasteiger partial charge on any atom is 0.329 e. The molecular formula is C27H23FN4O6. The number of amides is 5. The molecule has 11 heteroatoms. The van der Waals surface area contributed by atoms with Crippen molar-refractivity contribution in [1.82, 2.24) is 10.2 Å². The van der Waals surface area contributed by atoms with Crippen LogP contribution in [0.5, 0.6) is 11.5 Å². The highest BCUT2D eigenvalue weighted by Crippen LogP contribution is 2.23. The van der Waals surface area contributed by atoms with Crippen LogP contribution in [-0.4, -0.2) is 48.9 Å². The number of imide groups is 1. The van der Waals surface area contributed by atoms with Crippen molar-refractivity contribution in [2.75, 3.05) is 30.9 Å². The quantitative estimate of drug-likeness (QED) is 0.295. The molecule has 0 spiro atoms. The van der Waals surface area contributed by atoms with E-state index in [1.807, 2.05) is 0 Å². The summed E-state index contributed by atoms with van der Waals surface area (Å²) in [6.07, 6.45) is 1.46. The number of carbonyl (C=O) groups is 4. The highest BCUT2D eigenvalue weighted by Gasteiger charge is 2.35. The molecule has 3 N–H and O–H groups in total. The van der Waals surface area contributed by atoms with Crippen LogP contribution in [-0.2, 0) is 14.4 Å². The molecule has 4 rings (SSSR count). The molecule has 0 aliphatic carbocycles. The zero-order valence-electron chi connectivity index (χ0n) is 20.2. The summed E-state index contributed by atoms with van der Waals surface area (Å²) in [7, 11) is 1.46. The summed E-state index contributed by atoms with van der Waals surface area (Å²) in [5.74, 6) is -1.20. The topological polar surface area (TPSA) is 126 Å². The smallest absolute Gasteiger partial charge is 0.329 e.